The fraction of sp³-hybridized carbons (Fsp3) is 0.467. The van der Waals surface area contributed by atoms with Crippen molar-refractivity contribution in [3.05, 3.63) is 64.0 Å². The smallest absolute Gasteiger partial charge is 0.231 e. The van der Waals surface area contributed by atoms with Crippen molar-refractivity contribution >= 4 is 11.7 Å². The van der Waals surface area contributed by atoms with E-state index in [0.29, 0.717) is 18.4 Å². The van der Waals surface area contributed by atoms with Gasteiger partial charge in [0.2, 0.25) is 11.8 Å². The number of primary amides is 1. The molecule has 3 aromatic rings. The average molecular weight is 517 g/mol. The van der Waals surface area contributed by atoms with Crippen LogP contribution in [0.2, 0.25) is 0 Å². The highest BCUT2D eigenvalue weighted by atomic mass is 16.5. The molecule has 38 heavy (non-hydrogen) atoms. The van der Waals surface area contributed by atoms with E-state index in [0.717, 1.165) is 70.5 Å². The van der Waals surface area contributed by atoms with Crippen LogP contribution in [0.15, 0.2) is 30.3 Å². The van der Waals surface area contributed by atoms with Crippen molar-refractivity contribution in [1.82, 2.24) is 19.9 Å². The molecule has 2 N–H and O–H groups in total. The maximum atomic E-state index is 11.6. The van der Waals surface area contributed by atoms with E-state index in [-0.39, 0.29) is 18.5 Å². The Morgan fingerprint density at radius 1 is 1.03 bits per heavy atom. The average Bonchev–Trinajstić information content (AvgIpc) is 2.84. The Labute approximate surface area is 226 Å². The lowest BCUT2D eigenvalue weighted by molar-refractivity contribution is -0.119. The number of carbonyl (C=O) groups excluding carboxylic acids is 1. The second-order valence-electron chi connectivity index (χ2n) is 10.7. The Morgan fingerprint density at radius 2 is 1.74 bits per heavy atom. The zero-order chi connectivity index (χ0) is 27.6. The summed E-state index contributed by atoms with van der Waals surface area (Å²) in [7, 11) is 0. The maximum absolute atomic E-state index is 11.6. The summed E-state index contributed by atoms with van der Waals surface area (Å²) in [5.41, 5.74) is 12.7. The van der Waals surface area contributed by atoms with Crippen LogP contribution in [0.3, 0.4) is 0 Å². The first-order valence-corrected chi connectivity index (χ1v) is 13.4. The molecular weight excluding hydrogens is 476 g/mol. The zero-order valence-corrected chi connectivity index (χ0v) is 23.7. The van der Waals surface area contributed by atoms with Gasteiger partial charge < -0.3 is 15.4 Å². The Balaban J connectivity index is 1.73. The molecule has 1 aliphatic heterocycles. The lowest BCUT2D eigenvalue weighted by Gasteiger charge is -2.40. The summed E-state index contributed by atoms with van der Waals surface area (Å²) in [5, 5.41) is 0. The number of nitrogens with zero attached hydrogens (tertiary/aromatic N) is 5. The molecule has 2 aromatic heterocycles. The molecule has 0 unspecified atom stereocenters. The van der Waals surface area contributed by atoms with Gasteiger partial charge in [-0.05, 0) is 57.7 Å². The van der Waals surface area contributed by atoms with Crippen LogP contribution in [0.5, 0.6) is 5.88 Å². The number of carbonyl (C=O) groups is 1. The summed E-state index contributed by atoms with van der Waals surface area (Å²) in [6.45, 7) is 17.4. The van der Waals surface area contributed by atoms with Crippen molar-refractivity contribution < 1.29 is 9.53 Å². The number of aryl methyl sites for hydroxylation is 4. The van der Waals surface area contributed by atoms with Crippen LogP contribution >= 0.6 is 0 Å². The molecule has 1 atom stereocenters. The first-order valence-electron chi connectivity index (χ1n) is 13.4. The van der Waals surface area contributed by atoms with Crippen LogP contribution in [0.1, 0.15) is 60.3 Å². The minimum atomic E-state index is -0.305. The molecular formula is C30H40N6O2. The number of nitrogens with two attached hydrogens (primary N) is 1. The molecule has 0 bridgehead atoms. The summed E-state index contributed by atoms with van der Waals surface area (Å²) < 4.78 is 6.33. The second-order valence-corrected chi connectivity index (χ2v) is 10.7. The quantitative estimate of drug-likeness (QED) is 0.472. The Hall–Kier alpha value is -3.52. The molecule has 1 fully saturated rings. The first kappa shape index (κ1) is 27.5. The third-order valence-electron chi connectivity index (χ3n) is 7.34. The molecule has 8 nitrogen and oxygen atoms in total. The van der Waals surface area contributed by atoms with Crippen molar-refractivity contribution in [3.8, 4) is 17.3 Å². The number of benzene rings is 1. The van der Waals surface area contributed by atoms with Gasteiger partial charge in [0.05, 0.1) is 17.8 Å². The van der Waals surface area contributed by atoms with E-state index in [9.17, 15) is 4.79 Å². The number of piperazine rings is 1. The lowest BCUT2D eigenvalue weighted by Crippen LogP contribution is -2.54. The number of ether oxygens (including phenoxy) is 1. The maximum Gasteiger partial charge on any atom is 0.231 e. The van der Waals surface area contributed by atoms with Gasteiger partial charge in [0, 0.05) is 42.5 Å². The van der Waals surface area contributed by atoms with Crippen LogP contribution in [0.25, 0.3) is 11.4 Å². The lowest BCUT2D eigenvalue weighted by atomic mass is 10.0. The molecule has 0 spiro atoms. The number of hydrogen-bond acceptors (Lipinski definition) is 7. The third kappa shape index (κ3) is 5.96. The highest BCUT2D eigenvalue weighted by molar-refractivity contribution is 5.76. The summed E-state index contributed by atoms with van der Waals surface area (Å²) in [6.07, 6.45) is 0. The van der Waals surface area contributed by atoms with Crippen LogP contribution in [0.4, 0.5) is 5.82 Å². The van der Waals surface area contributed by atoms with E-state index >= 15 is 0 Å². The molecule has 8 heteroatoms. The summed E-state index contributed by atoms with van der Waals surface area (Å²) in [5.74, 6) is 2.24. The van der Waals surface area contributed by atoms with Crippen LogP contribution in [-0.2, 0) is 11.4 Å². The molecule has 0 radical (unpaired) electrons. The van der Waals surface area contributed by atoms with Crippen LogP contribution < -0.4 is 15.4 Å². The second kappa shape index (κ2) is 11.5. The van der Waals surface area contributed by atoms with Gasteiger partial charge in [-0.25, -0.2) is 15.0 Å². The molecule has 0 saturated carbocycles. The predicted molar refractivity (Wildman–Crippen MR) is 152 cm³/mol. The Kier molecular flexibility index (Phi) is 8.31. The number of amides is 1. The van der Waals surface area contributed by atoms with Crippen LogP contribution in [0, 0.1) is 27.7 Å². The van der Waals surface area contributed by atoms with E-state index in [1.807, 2.05) is 13.8 Å². The van der Waals surface area contributed by atoms with Gasteiger partial charge in [-0.15, -0.1) is 0 Å². The van der Waals surface area contributed by atoms with Gasteiger partial charge in [0.15, 0.2) is 5.82 Å². The van der Waals surface area contributed by atoms with Gasteiger partial charge in [0.1, 0.15) is 12.4 Å². The van der Waals surface area contributed by atoms with E-state index < -0.39 is 0 Å². The Bertz CT molecular complexity index is 1300. The van der Waals surface area contributed by atoms with Crippen molar-refractivity contribution in [2.45, 2.75) is 67.0 Å². The minimum Gasteiger partial charge on any atom is -0.472 e. The molecule has 1 aliphatic rings. The SMILES string of the molecule is Cc1ccc(C(C)C)nc1OCc1c(C)nc(-c2c(C)cccc2C)nc1N1CCN(CC(N)=O)[C@H](C)C1. The summed E-state index contributed by atoms with van der Waals surface area (Å²) >= 11 is 0. The van der Waals surface area contributed by atoms with Crippen molar-refractivity contribution in [2.24, 2.45) is 5.73 Å². The number of rotatable bonds is 8. The molecule has 202 valence electrons. The minimum absolute atomic E-state index is 0.149. The largest absolute Gasteiger partial charge is 0.472 e. The van der Waals surface area contributed by atoms with Crippen molar-refractivity contribution in [2.75, 3.05) is 31.1 Å². The number of hydrogen-bond donors (Lipinski definition) is 1. The standard InChI is InChI=1S/C30H40N6O2/c1-18(2)25-12-11-21(5)30(33-25)38-17-24-23(7)32-28(27-19(3)9-8-10-20(27)4)34-29(24)36-14-13-35(16-26(31)37)22(6)15-36/h8-12,18,22H,13-17H2,1-7H3,(H2,31,37)/t22-/m1/s1. The molecule has 1 aromatic carbocycles. The fourth-order valence-electron chi connectivity index (χ4n) is 5.05. The van der Waals surface area contributed by atoms with Gasteiger partial charge in [0.25, 0.3) is 0 Å². The summed E-state index contributed by atoms with van der Waals surface area (Å²) in [6, 6.07) is 10.5. The summed E-state index contributed by atoms with van der Waals surface area (Å²) in [4.78, 5) is 30.9. The van der Waals surface area contributed by atoms with Crippen LogP contribution in [-0.4, -0.2) is 58.0 Å². The number of anilines is 1. The van der Waals surface area contributed by atoms with Gasteiger partial charge >= 0.3 is 0 Å². The highest BCUT2D eigenvalue weighted by Crippen LogP contribution is 2.31. The topological polar surface area (TPSA) is 97.5 Å². The Morgan fingerprint density at radius 3 is 2.37 bits per heavy atom. The first-order chi connectivity index (χ1) is 18.0. The zero-order valence-electron chi connectivity index (χ0n) is 23.7. The highest BCUT2D eigenvalue weighted by Gasteiger charge is 2.28. The van der Waals surface area contributed by atoms with E-state index in [1.165, 1.54) is 0 Å². The van der Waals surface area contributed by atoms with Gasteiger partial charge in [-0.1, -0.05) is 38.1 Å². The van der Waals surface area contributed by atoms with E-state index in [1.54, 1.807) is 0 Å². The predicted octanol–water partition coefficient (Wildman–Crippen LogP) is 4.47. The van der Waals surface area contributed by atoms with Gasteiger partial charge in [-0.2, -0.15) is 0 Å². The molecule has 1 amide bonds. The van der Waals surface area contributed by atoms with E-state index in [4.69, 9.17) is 25.4 Å². The monoisotopic (exact) mass is 516 g/mol. The molecule has 0 aliphatic carbocycles. The van der Waals surface area contributed by atoms with Gasteiger partial charge in [-0.3, -0.25) is 9.69 Å². The van der Waals surface area contributed by atoms with E-state index in [2.05, 4.69) is 74.8 Å². The molecule has 1 saturated heterocycles. The normalized spacial score (nSPS) is 16.2. The number of pyridine rings is 1. The van der Waals surface area contributed by atoms with Crippen molar-refractivity contribution in [1.29, 1.82) is 0 Å². The number of aromatic nitrogens is 3. The van der Waals surface area contributed by atoms with Crippen molar-refractivity contribution in [3.63, 3.8) is 0 Å². The third-order valence-corrected chi connectivity index (χ3v) is 7.34. The molecule has 3 heterocycles. The molecule has 4 rings (SSSR count). The fourth-order valence-corrected chi connectivity index (χ4v) is 5.05.